The van der Waals surface area contributed by atoms with Crippen LogP contribution in [0.3, 0.4) is 0 Å². The first-order valence-electron chi connectivity index (χ1n) is 8.43. The molecule has 4 nitrogen and oxygen atoms in total. The van der Waals surface area contributed by atoms with Crippen molar-refractivity contribution in [1.82, 2.24) is 4.90 Å². The molecule has 0 aromatic heterocycles. The average Bonchev–Trinajstić information content (AvgIpc) is 2.68. The van der Waals surface area contributed by atoms with Crippen LogP contribution >= 0.6 is 0 Å². The zero-order chi connectivity index (χ0) is 17.2. The highest BCUT2D eigenvalue weighted by Gasteiger charge is 2.25. The summed E-state index contributed by atoms with van der Waals surface area (Å²) < 4.78 is 18.7. The molecule has 1 amide bonds. The Morgan fingerprint density at radius 1 is 0.960 bits per heavy atom. The minimum absolute atomic E-state index is 0.0354. The quantitative estimate of drug-likeness (QED) is 0.844. The van der Waals surface area contributed by atoms with Gasteiger partial charge in [0.05, 0.1) is 5.57 Å². The monoisotopic (exact) mass is 338 g/mol. The first-order chi connectivity index (χ1) is 12.2. The van der Waals surface area contributed by atoms with Gasteiger partial charge in [0, 0.05) is 37.4 Å². The first kappa shape index (κ1) is 15.7. The zero-order valence-electron chi connectivity index (χ0n) is 13.8. The molecule has 2 heterocycles. The lowest BCUT2D eigenvalue weighted by atomic mass is 10.1. The van der Waals surface area contributed by atoms with E-state index in [1.54, 1.807) is 12.1 Å². The van der Waals surface area contributed by atoms with Crippen molar-refractivity contribution in [3.63, 3.8) is 0 Å². The van der Waals surface area contributed by atoms with Crippen molar-refractivity contribution >= 4 is 17.7 Å². The second-order valence-corrected chi connectivity index (χ2v) is 6.25. The molecule has 25 heavy (non-hydrogen) atoms. The fourth-order valence-electron chi connectivity index (χ4n) is 3.26. The number of piperazine rings is 1. The van der Waals surface area contributed by atoms with Gasteiger partial charge in [-0.2, -0.15) is 0 Å². The van der Waals surface area contributed by atoms with Gasteiger partial charge in [-0.3, -0.25) is 4.79 Å². The fraction of sp³-hybridized carbons (Fsp3) is 0.250. The average molecular weight is 338 g/mol. The maximum atomic E-state index is 13.0. The summed E-state index contributed by atoms with van der Waals surface area (Å²) >= 11 is 0. The maximum Gasteiger partial charge on any atom is 0.253 e. The molecule has 5 heteroatoms. The van der Waals surface area contributed by atoms with E-state index < -0.39 is 0 Å². The van der Waals surface area contributed by atoms with Gasteiger partial charge in [-0.05, 0) is 36.4 Å². The summed E-state index contributed by atoms with van der Waals surface area (Å²) in [5.41, 5.74) is 2.62. The highest BCUT2D eigenvalue weighted by Crippen LogP contribution is 2.27. The summed E-state index contributed by atoms with van der Waals surface area (Å²) in [6.07, 6.45) is 1.92. The summed E-state index contributed by atoms with van der Waals surface area (Å²) in [6, 6.07) is 14.2. The molecule has 1 fully saturated rings. The number of carbonyl (C=O) groups excluding carboxylic acids is 1. The summed E-state index contributed by atoms with van der Waals surface area (Å²) in [4.78, 5) is 16.8. The number of hydrogen-bond acceptors (Lipinski definition) is 3. The van der Waals surface area contributed by atoms with Crippen molar-refractivity contribution in [3.8, 4) is 5.75 Å². The lowest BCUT2D eigenvalue weighted by molar-refractivity contribution is -0.127. The Labute approximate surface area is 146 Å². The van der Waals surface area contributed by atoms with Crippen LogP contribution in [0.4, 0.5) is 10.1 Å². The molecule has 2 aliphatic heterocycles. The second-order valence-electron chi connectivity index (χ2n) is 6.25. The third-order valence-electron chi connectivity index (χ3n) is 4.67. The smallest absolute Gasteiger partial charge is 0.253 e. The predicted octanol–water partition coefficient (Wildman–Crippen LogP) is 2.95. The van der Waals surface area contributed by atoms with E-state index in [1.807, 2.05) is 35.2 Å². The van der Waals surface area contributed by atoms with Gasteiger partial charge in [-0.15, -0.1) is 0 Å². The van der Waals surface area contributed by atoms with Gasteiger partial charge in [0.2, 0.25) is 0 Å². The predicted molar refractivity (Wildman–Crippen MR) is 95.1 cm³/mol. The van der Waals surface area contributed by atoms with Crippen molar-refractivity contribution in [1.29, 1.82) is 0 Å². The van der Waals surface area contributed by atoms with E-state index in [0.717, 1.165) is 30.1 Å². The van der Waals surface area contributed by atoms with E-state index in [1.165, 1.54) is 12.1 Å². The van der Waals surface area contributed by atoms with E-state index in [9.17, 15) is 9.18 Å². The highest BCUT2D eigenvalue weighted by molar-refractivity contribution is 5.99. The minimum atomic E-state index is -0.234. The molecular formula is C20H19FN2O2. The number of amides is 1. The van der Waals surface area contributed by atoms with Crippen LogP contribution in [-0.4, -0.2) is 43.6 Å². The van der Waals surface area contributed by atoms with Crippen LogP contribution in [-0.2, 0) is 4.79 Å². The van der Waals surface area contributed by atoms with Crippen LogP contribution in [0.5, 0.6) is 5.75 Å². The Balaban J connectivity index is 1.42. The zero-order valence-corrected chi connectivity index (χ0v) is 13.8. The van der Waals surface area contributed by atoms with Gasteiger partial charge < -0.3 is 14.5 Å². The number of fused-ring (bicyclic) bond motifs is 1. The molecule has 0 N–H and O–H groups in total. The number of benzene rings is 2. The molecule has 2 aromatic carbocycles. The van der Waals surface area contributed by atoms with Gasteiger partial charge in [-0.25, -0.2) is 4.39 Å². The third kappa shape index (κ3) is 3.22. The van der Waals surface area contributed by atoms with E-state index >= 15 is 0 Å². The molecule has 4 rings (SSSR count). The molecule has 0 radical (unpaired) electrons. The molecule has 0 saturated carbocycles. The van der Waals surface area contributed by atoms with E-state index in [2.05, 4.69) is 4.90 Å². The summed E-state index contributed by atoms with van der Waals surface area (Å²) in [5.74, 6) is 0.621. The first-order valence-corrected chi connectivity index (χ1v) is 8.43. The van der Waals surface area contributed by atoms with Gasteiger partial charge in [0.1, 0.15) is 18.2 Å². The number of halogens is 1. The Kier molecular flexibility index (Phi) is 4.14. The van der Waals surface area contributed by atoms with Crippen LogP contribution in [0.15, 0.2) is 54.1 Å². The van der Waals surface area contributed by atoms with Crippen LogP contribution < -0.4 is 9.64 Å². The number of ether oxygens (including phenoxy) is 1. The largest absolute Gasteiger partial charge is 0.488 e. The van der Waals surface area contributed by atoms with Crippen molar-refractivity contribution in [3.05, 3.63) is 65.5 Å². The Hall–Kier alpha value is -2.82. The Morgan fingerprint density at radius 3 is 2.44 bits per heavy atom. The van der Waals surface area contributed by atoms with E-state index in [4.69, 9.17) is 4.74 Å². The SMILES string of the molecule is O=C(C1=Cc2ccccc2OC1)N1CCN(c2ccc(F)cc2)CC1. The number of carbonyl (C=O) groups is 1. The van der Waals surface area contributed by atoms with Gasteiger partial charge >= 0.3 is 0 Å². The van der Waals surface area contributed by atoms with Crippen molar-refractivity contribution in [2.24, 2.45) is 0 Å². The van der Waals surface area contributed by atoms with E-state index in [-0.39, 0.29) is 11.7 Å². The van der Waals surface area contributed by atoms with Crippen LogP contribution in [0, 0.1) is 5.82 Å². The molecule has 0 atom stereocenters. The van der Waals surface area contributed by atoms with Crippen molar-refractivity contribution < 1.29 is 13.9 Å². The van der Waals surface area contributed by atoms with Crippen LogP contribution in [0.25, 0.3) is 6.08 Å². The number of para-hydroxylation sites is 1. The van der Waals surface area contributed by atoms with Crippen LogP contribution in [0.2, 0.25) is 0 Å². The fourth-order valence-corrected chi connectivity index (χ4v) is 3.26. The topological polar surface area (TPSA) is 32.8 Å². The molecule has 2 aromatic rings. The molecular weight excluding hydrogens is 319 g/mol. The van der Waals surface area contributed by atoms with Crippen molar-refractivity contribution in [2.45, 2.75) is 0 Å². The Bertz CT molecular complexity index is 809. The molecule has 1 saturated heterocycles. The normalized spacial score (nSPS) is 16.8. The summed E-state index contributed by atoms with van der Waals surface area (Å²) in [7, 11) is 0. The van der Waals surface area contributed by atoms with Gasteiger partial charge in [0.15, 0.2) is 0 Å². The summed E-state index contributed by atoms with van der Waals surface area (Å²) in [5, 5.41) is 0. The lowest BCUT2D eigenvalue weighted by Crippen LogP contribution is -2.49. The lowest BCUT2D eigenvalue weighted by Gasteiger charge is -2.36. The Morgan fingerprint density at radius 2 is 1.68 bits per heavy atom. The highest BCUT2D eigenvalue weighted by atomic mass is 19.1. The number of nitrogens with zero attached hydrogens (tertiary/aromatic N) is 2. The summed E-state index contributed by atoms with van der Waals surface area (Å²) in [6.45, 7) is 3.09. The molecule has 128 valence electrons. The number of rotatable bonds is 2. The minimum Gasteiger partial charge on any atom is -0.488 e. The maximum absolute atomic E-state index is 13.0. The van der Waals surface area contributed by atoms with Crippen molar-refractivity contribution in [2.75, 3.05) is 37.7 Å². The standard InChI is InChI=1S/C20H19FN2O2/c21-17-5-7-18(8-6-17)22-9-11-23(12-10-22)20(24)16-13-15-3-1-2-4-19(15)25-14-16/h1-8,13H,9-12,14H2. The molecule has 0 aliphatic carbocycles. The number of anilines is 1. The van der Waals surface area contributed by atoms with Gasteiger partial charge in [0.25, 0.3) is 5.91 Å². The molecule has 0 unspecified atom stereocenters. The third-order valence-corrected chi connectivity index (χ3v) is 4.67. The number of hydrogen-bond donors (Lipinski definition) is 0. The second kappa shape index (κ2) is 6.59. The molecule has 2 aliphatic rings. The molecule has 0 bridgehead atoms. The van der Waals surface area contributed by atoms with Gasteiger partial charge in [-0.1, -0.05) is 18.2 Å². The van der Waals surface area contributed by atoms with Crippen LogP contribution in [0.1, 0.15) is 5.56 Å². The van der Waals surface area contributed by atoms with E-state index in [0.29, 0.717) is 25.3 Å². The molecule has 0 spiro atoms.